The van der Waals surface area contributed by atoms with Gasteiger partial charge in [-0.1, -0.05) is 0 Å². The lowest BCUT2D eigenvalue weighted by molar-refractivity contribution is 0.554. The van der Waals surface area contributed by atoms with Crippen LogP contribution in [0, 0.1) is 5.82 Å². The number of anilines is 1. The molecule has 16 heavy (non-hydrogen) atoms. The second-order valence-corrected chi connectivity index (χ2v) is 6.25. The van der Waals surface area contributed by atoms with Crippen LogP contribution in [0.1, 0.15) is 12.8 Å². The van der Waals surface area contributed by atoms with Crippen molar-refractivity contribution in [3.8, 4) is 0 Å². The first-order valence-electron chi connectivity index (χ1n) is 4.67. The molecule has 1 saturated carbocycles. The van der Waals surface area contributed by atoms with Crippen LogP contribution in [0.15, 0.2) is 21.5 Å². The Hall–Kier alpha value is -0.660. The summed E-state index contributed by atoms with van der Waals surface area (Å²) in [6.07, 6.45) is 1.59. The summed E-state index contributed by atoms with van der Waals surface area (Å²) in [4.78, 5) is -0.411. The molecule has 0 radical (unpaired) electrons. The van der Waals surface area contributed by atoms with Crippen molar-refractivity contribution in [2.24, 2.45) is 0 Å². The topological polar surface area (TPSA) is 72.2 Å². The minimum absolute atomic E-state index is 0.0451. The third-order valence-corrected chi connectivity index (χ3v) is 4.30. The lowest BCUT2D eigenvalue weighted by Crippen LogP contribution is -2.26. The predicted molar refractivity (Wildman–Crippen MR) is 61.9 cm³/mol. The molecule has 2 rings (SSSR count). The zero-order valence-electron chi connectivity index (χ0n) is 8.20. The number of nitrogens with one attached hydrogen (secondary N) is 1. The highest BCUT2D eigenvalue weighted by atomic mass is 79.9. The van der Waals surface area contributed by atoms with Crippen molar-refractivity contribution in [3.05, 3.63) is 22.4 Å². The van der Waals surface area contributed by atoms with Crippen LogP contribution < -0.4 is 10.5 Å². The lowest BCUT2D eigenvalue weighted by Gasteiger charge is -2.08. The second-order valence-electron chi connectivity index (χ2n) is 3.71. The van der Waals surface area contributed by atoms with Crippen LogP contribution in [0.5, 0.6) is 0 Å². The third kappa shape index (κ3) is 2.36. The molecule has 0 bridgehead atoms. The lowest BCUT2D eigenvalue weighted by atomic mass is 10.3. The van der Waals surface area contributed by atoms with Crippen LogP contribution in [0.25, 0.3) is 0 Å². The zero-order chi connectivity index (χ0) is 11.9. The fraction of sp³-hybridized carbons (Fsp3) is 0.333. The van der Waals surface area contributed by atoms with Gasteiger partial charge in [0.05, 0.1) is 4.47 Å². The average molecular weight is 309 g/mol. The summed E-state index contributed by atoms with van der Waals surface area (Å²) in [7, 11) is -3.81. The number of sulfonamides is 1. The van der Waals surface area contributed by atoms with Crippen LogP contribution in [-0.4, -0.2) is 14.5 Å². The summed E-state index contributed by atoms with van der Waals surface area (Å²) in [6.45, 7) is 0. The minimum atomic E-state index is -3.81. The SMILES string of the molecule is Nc1cc(Br)c(F)c(S(=O)(=O)NC2CC2)c1. The van der Waals surface area contributed by atoms with Crippen LogP contribution >= 0.6 is 15.9 Å². The van der Waals surface area contributed by atoms with Crippen molar-refractivity contribution in [3.63, 3.8) is 0 Å². The van der Waals surface area contributed by atoms with Crippen molar-refractivity contribution < 1.29 is 12.8 Å². The van der Waals surface area contributed by atoms with E-state index in [1.165, 1.54) is 6.07 Å². The van der Waals surface area contributed by atoms with Gasteiger partial charge in [0.25, 0.3) is 0 Å². The molecular formula is C9H10BrFN2O2S. The number of nitrogen functional groups attached to an aromatic ring is 1. The molecule has 1 aliphatic carbocycles. The van der Waals surface area contributed by atoms with Crippen molar-refractivity contribution >= 4 is 31.6 Å². The molecule has 0 aromatic heterocycles. The van der Waals surface area contributed by atoms with Crippen LogP contribution in [0.4, 0.5) is 10.1 Å². The van der Waals surface area contributed by atoms with Gasteiger partial charge < -0.3 is 5.73 Å². The Morgan fingerprint density at radius 2 is 2.06 bits per heavy atom. The molecule has 0 aliphatic heterocycles. The predicted octanol–water partition coefficient (Wildman–Crippen LogP) is 1.61. The quantitative estimate of drug-likeness (QED) is 0.833. The van der Waals surface area contributed by atoms with E-state index in [1.54, 1.807) is 0 Å². The summed E-state index contributed by atoms with van der Waals surface area (Å²) >= 11 is 2.92. The van der Waals surface area contributed by atoms with E-state index in [1.807, 2.05) is 0 Å². The van der Waals surface area contributed by atoms with Gasteiger partial charge in [-0.15, -0.1) is 0 Å². The summed E-state index contributed by atoms with van der Waals surface area (Å²) in [6, 6.07) is 2.38. The van der Waals surface area contributed by atoms with Gasteiger partial charge in [0, 0.05) is 11.7 Å². The Balaban J connectivity index is 2.45. The first-order valence-corrected chi connectivity index (χ1v) is 6.94. The normalized spacial score (nSPS) is 16.4. The standard InChI is InChI=1S/C9H10BrFN2O2S/c10-7-3-5(12)4-8(9(7)11)16(14,15)13-6-1-2-6/h3-4,6,13H,1-2,12H2. The maximum Gasteiger partial charge on any atom is 0.243 e. The second kappa shape index (κ2) is 3.97. The molecular weight excluding hydrogens is 299 g/mol. The van der Waals surface area contributed by atoms with Crippen molar-refractivity contribution in [2.75, 3.05) is 5.73 Å². The van der Waals surface area contributed by atoms with Crippen LogP contribution in [0.2, 0.25) is 0 Å². The molecule has 1 aromatic carbocycles. The Labute approximate surface area is 101 Å². The highest BCUT2D eigenvalue weighted by Gasteiger charge is 2.30. The van der Waals surface area contributed by atoms with E-state index < -0.39 is 20.7 Å². The first-order chi connectivity index (χ1) is 7.40. The Morgan fingerprint density at radius 3 is 2.62 bits per heavy atom. The molecule has 7 heteroatoms. The number of hydrogen-bond donors (Lipinski definition) is 2. The summed E-state index contributed by atoms with van der Waals surface area (Å²) < 4.78 is 39.6. The molecule has 3 N–H and O–H groups in total. The number of nitrogens with two attached hydrogens (primary N) is 1. The monoisotopic (exact) mass is 308 g/mol. The Bertz CT molecular complexity index is 529. The molecule has 1 aromatic rings. The molecule has 0 unspecified atom stereocenters. The van der Waals surface area contributed by atoms with Crippen molar-refractivity contribution in [1.82, 2.24) is 4.72 Å². The maximum atomic E-state index is 13.6. The molecule has 0 amide bonds. The highest BCUT2D eigenvalue weighted by molar-refractivity contribution is 9.10. The average Bonchev–Trinajstić information content (AvgIpc) is 2.94. The van der Waals surface area contributed by atoms with Gasteiger partial charge in [-0.3, -0.25) is 0 Å². The van der Waals surface area contributed by atoms with E-state index in [0.717, 1.165) is 18.9 Å². The van der Waals surface area contributed by atoms with Crippen molar-refractivity contribution in [2.45, 2.75) is 23.8 Å². The van der Waals surface area contributed by atoms with Gasteiger partial charge in [0.1, 0.15) is 4.90 Å². The van der Waals surface area contributed by atoms with Gasteiger partial charge in [0.2, 0.25) is 10.0 Å². The fourth-order valence-corrected chi connectivity index (χ4v) is 3.31. The summed E-state index contributed by atoms with van der Waals surface area (Å²) in [5.74, 6) is -0.817. The number of hydrogen-bond acceptors (Lipinski definition) is 3. The zero-order valence-corrected chi connectivity index (χ0v) is 10.6. The molecule has 0 heterocycles. The van der Waals surface area contributed by atoms with E-state index >= 15 is 0 Å². The van der Waals surface area contributed by atoms with Gasteiger partial charge in [-0.25, -0.2) is 17.5 Å². The molecule has 0 atom stereocenters. The van der Waals surface area contributed by atoms with E-state index in [2.05, 4.69) is 20.7 Å². The van der Waals surface area contributed by atoms with Gasteiger partial charge in [-0.2, -0.15) is 0 Å². The van der Waals surface area contributed by atoms with E-state index in [9.17, 15) is 12.8 Å². The molecule has 0 saturated heterocycles. The molecule has 4 nitrogen and oxygen atoms in total. The largest absolute Gasteiger partial charge is 0.399 e. The molecule has 0 spiro atoms. The Kier molecular flexibility index (Phi) is 2.93. The summed E-state index contributed by atoms with van der Waals surface area (Å²) in [5, 5.41) is 0. The van der Waals surface area contributed by atoms with Crippen LogP contribution in [0.3, 0.4) is 0 Å². The maximum absolute atomic E-state index is 13.6. The first kappa shape index (κ1) is 11.8. The van der Waals surface area contributed by atoms with E-state index in [4.69, 9.17) is 5.73 Å². The molecule has 1 fully saturated rings. The smallest absolute Gasteiger partial charge is 0.243 e. The summed E-state index contributed by atoms with van der Waals surface area (Å²) in [5.41, 5.74) is 5.68. The minimum Gasteiger partial charge on any atom is -0.399 e. The number of benzene rings is 1. The van der Waals surface area contributed by atoms with Gasteiger partial charge in [0.15, 0.2) is 5.82 Å². The number of halogens is 2. The Morgan fingerprint density at radius 1 is 1.44 bits per heavy atom. The highest BCUT2D eigenvalue weighted by Crippen LogP contribution is 2.28. The third-order valence-electron chi connectivity index (χ3n) is 2.21. The van der Waals surface area contributed by atoms with Crippen molar-refractivity contribution in [1.29, 1.82) is 0 Å². The molecule has 1 aliphatic rings. The van der Waals surface area contributed by atoms with Gasteiger partial charge >= 0.3 is 0 Å². The fourth-order valence-electron chi connectivity index (χ4n) is 1.26. The number of rotatable bonds is 3. The van der Waals surface area contributed by atoms with E-state index in [-0.39, 0.29) is 16.2 Å². The van der Waals surface area contributed by atoms with E-state index in [0.29, 0.717) is 0 Å². The molecule has 88 valence electrons. The van der Waals surface area contributed by atoms with Crippen LogP contribution in [-0.2, 0) is 10.0 Å². The van der Waals surface area contributed by atoms with Gasteiger partial charge in [-0.05, 0) is 40.9 Å².